The highest BCUT2D eigenvalue weighted by molar-refractivity contribution is 5.97. The van der Waals surface area contributed by atoms with E-state index < -0.39 is 0 Å². The van der Waals surface area contributed by atoms with Crippen LogP contribution in [0, 0.1) is 0 Å². The van der Waals surface area contributed by atoms with Crippen LogP contribution in [0.15, 0.2) is 49.1 Å². The van der Waals surface area contributed by atoms with E-state index >= 15 is 0 Å². The third-order valence-electron chi connectivity index (χ3n) is 5.74. The molecule has 2 heterocycles. The van der Waals surface area contributed by atoms with Gasteiger partial charge in [0.1, 0.15) is 11.6 Å². The Morgan fingerprint density at radius 2 is 1.40 bits per heavy atom. The van der Waals surface area contributed by atoms with Crippen LogP contribution in [-0.2, 0) is 13.1 Å². The second-order valence-electron chi connectivity index (χ2n) is 8.61. The number of nitrogens with one attached hydrogen (secondary N) is 3. The summed E-state index contributed by atoms with van der Waals surface area (Å²) >= 11 is 0. The first-order valence-corrected chi connectivity index (χ1v) is 12.5. The van der Waals surface area contributed by atoms with Gasteiger partial charge in [0.15, 0.2) is 0 Å². The maximum Gasteiger partial charge on any atom is 0.254 e. The maximum atomic E-state index is 13.2. The Morgan fingerprint density at radius 3 is 1.91 bits per heavy atom. The Labute approximate surface area is 207 Å². The number of aromatic nitrogens is 4. The molecule has 0 saturated heterocycles. The number of carbonyl (C=O) groups excluding carboxylic acids is 2. The van der Waals surface area contributed by atoms with Crippen molar-refractivity contribution in [1.82, 2.24) is 35.1 Å². The summed E-state index contributed by atoms with van der Waals surface area (Å²) in [5.41, 5.74) is 1.05. The van der Waals surface area contributed by atoms with Crippen LogP contribution in [0.1, 0.15) is 71.9 Å². The van der Waals surface area contributed by atoms with E-state index in [0.29, 0.717) is 42.4 Å². The van der Waals surface area contributed by atoms with Crippen LogP contribution in [0.4, 0.5) is 0 Å². The van der Waals surface area contributed by atoms with Crippen LogP contribution < -0.4 is 5.32 Å². The van der Waals surface area contributed by atoms with Crippen LogP contribution in [0.25, 0.3) is 0 Å². The van der Waals surface area contributed by atoms with Crippen molar-refractivity contribution in [3.05, 3.63) is 71.8 Å². The lowest BCUT2D eigenvalue weighted by molar-refractivity contribution is 0.0721. The third kappa shape index (κ3) is 8.36. The minimum Gasteiger partial charge on any atom is -0.352 e. The zero-order chi connectivity index (χ0) is 24.9. The Morgan fingerprint density at radius 1 is 0.829 bits per heavy atom. The van der Waals surface area contributed by atoms with E-state index in [4.69, 9.17) is 0 Å². The summed E-state index contributed by atoms with van der Waals surface area (Å²) in [4.78, 5) is 44.4. The van der Waals surface area contributed by atoms with Crippen molar-refractivity contribution in [3.63, 3.8) is 0 Å². The molecule has 0 fully saturated rings. The first-order valence-electron chi connectivity index (χ1n) is 12.5. The number of amides is 2. The zero-order valence-electron chi connectivity index (χ0n) is 20.8. The molecule has 9 nitrogen and oxygen atoms in total. The van der Waals surface area contributed by atoms with Gasteiger partial charge < -0.3 is 25.1 Å². The van der Waals surface area contributed by atoms with E-state index in [9.17, 15) is 9.59 Å². The summed E-state index contributed by atoms with van der Waals surface area (Å²) < 4.78 is 0. The van der Waals surface area contributed by atoms with Crippen molar-refractivity contribution in [2.24, 2.45) is 0 Å². The summed E-state index contributed by atoms with van der Waals surface area (Å²) in [7, 11) is 0. The van der Waals surface area contributed by atoms with Crippen LogP contribution in [0.5, 0.6) is 0 Å². The number of rotatable bonds is 15. The molecule has 9 heteroatoms. The molecule has 3 rings (SSSR count). The van der Waals surface area contributed by atoms with Crippen LogP contribution >= 0.6 is 0 Å². The monoisotopic (exact) mass is 479 g/mol. The lowest BCUT2D eigenvalue weighted by Gasteiger charge is -2.21. The summed E-state index contributed by atoms with van der Waals surface area (Å²) in [6, 6.07) is 6.79. The molecular formula is C26H37N7O2. The number of unbranched alkanes of at least 4 members (excludes halogenated alkanes) is 1. The number of benzene rings is 1. The van der Waals surface area contributed by atoms with Gasteiger partial charge in [0, 0.05) is 42.5 Å². The number of aromatic amines is 2. The van der Waals surface area contributed by atoms with Crippen LogP contribution in [-0.4, -0.2) is 67.7 Å². The van der Waals surface area contributed by atoms with Gasteiger partial charge in [0.25, 0.3) is 11.8 Å². The summed E-state index contributed by atoms with van der Waals surface area (Å²) in [6.07, 6.45) is 11.1. The SMILES string of the molecule is CCCN(CCC)CCCCNC(=O)c1ccc(C(=O)N(Cc2ncc[nH]2)Cc2ncc[nH]2)cc1. The molecule has 1 aromatic carbocycles. The molecular weight excluding hydrogens is 442 g/mol. The van der Waals surface area contributed by atoms with E-state index in [1.807, 2.05) is 0 Å². The summed E-state index contributed by atoms with van der Waals surface area (Å²) in [5.74, 6) is 1.10. The largest absolute Gasteiger partial charge is 0.352 e. The second-order valence-corrected chi connectivity index (χ2v) is 8.61. The van der Waals surface area contributed by atoms with Crippen molar-refractivity contribution in [2.45, 2.75) is 52.6 Å². The van der Waals surface area contributed by atoms with E-state index in [1.165, 1.54) is 12.8 Å². The van der Waals surface area contributed by atoms with E-state index in [2.05, 4.69) is 44.0 Å². The zero-order valence-corrected chi connectivity index (χ0v) is 20.8. The van der Waals surface area contributed by atoms with Crippen molar-refractivity contribution in [2.75, 3.05) is 26.2 Å². The summed E-state index contributed by atoms with van der Waals surface area (Å²) in [6.45, 7) is 9.03. The number of hydrogen-bond donors (Lipinski definition) is 3. The molecule has 0 bridgehead atoms. The highest BCUT2D eigenvalue weighted by atomic mass is 16.2. The average molecular weight is 480 g/mol. The normalized spacial score (nSPS) is 11.1. The van der Waals surface area contributed by atoms with Crippen LogP contribution in [0.2, 0.25) is 0 Å². The van der Waals surface area contributed by atoms with Crippen molar-refractivity contribution in [3.8, 4) is 0 Å². The van der Waals surface area contributed by atoms with Gasteiger partial charge in [-0.05, 0) is 69.6 Å². The molecule has 0 atom stereocenters. The predicted octanol–water partition coefficient (Wildman–Crippen LogP) is 3.61. The smallest absolute Gasteiger partial charge is 0.254 e. The first-order chi connectivity index (χ1) is 17.1. The second kappa shape index (κ2) is 14.1. The molecule has 0 radical (unpaired) electrons. The number of carbonyl (C=O) groups is 2. The van der Waals surface area contributed by atoms with E-state index in [0.717, 1.165) is 32.5 Å². The molecule has 0 unspecified atom stereocenters. The average Bonchev–Trinajstić information content (AvgIpc) is 3.58. The fraction of sp³-hybridized carbons (Fsp3) is 0.462. The summed E-state index contributed by atoms with van der Waals surface area (Å²) in [5, 5.41) is 2.99. The van der Waals surface area contributed by atoms with Crippen molar-refractivity contribution in [1.29, 1.82) is 0 Å². The molecule has 188 valence electrons. The number of imidazole rings is 2. The van der Waals surface area contributed by atoms with Gasteiger partial charge in [-0.15, -0.1) is 0 Å². The van der Waals surface area contributed by atoms with Gasteiger partial charge >= 0.3 is 0 Å². The number of nitrogens with zero attached hydrogens (tertiary/aromatic N) is 4. The number of hydrogen-bond acceptors (Lipinski definition) is 5. The molecule has 3 aromatic rings. The van der Waals surface area contributed by atoms with Gasteiger partial charge in [-0.1, -0.05) is 13.8 Å². The van der Waals surface area contributed by atoms with Crippen molar-refractivity contribution >= 4 is 11.8 Å². The number of H-pyrrole nitrogens is 2. The molecule has 0 saturated carbocycles. The van der Waals surface area contributed by atoms with Gasteiger partial charge in [-0.3, -0.25) is 9.59 Å². The van der Waals surface area contributed by atoms with Gasteiger partial charge in [-0.25, -0.2) is 9.97 Å². The lowest BCUT2D eigenvalue weighted by Crippen LogP contribution is -2.31. The van der Waals surface area contributed by atoms with Crippen LogP contribution in [0.3, 0.4) is 0 Å². The molecule has 35 heavy (non-hydrogen) atoms. The Bertz CT molecular complexity index is 959. The quantitative estimate of drug-likeness (QED) is 0.289. The fourth-order valence-electron chi connectivity index (χ4n) is 4.01. The maximum absolute atomic E-state index is 13.2. The van der Waals surface area contributed by atoms with Gasteiger partial charge in [0.05, 0.1) is 13.1 Å². The highest BCUT2D eigenvalue weighted by Crippen LogP contribution is 2.13. The molecule has 2 aromatic heterocycles. The highest BCUT2D eigenvalue weighted by Gasteiger charge is 2.19. The fourth-order valence-corrected chi connectivity index (χ4v) is 4.01. The van der Waals surface area contributed by atoms with E-state index in [1.54, 1.807) is 54.0 Å². The van der Waals surface area contributed by atoms with Gasteiger partial charge in [0.2, 0.25) is 0 Å². The Balaban J connectivity index is 1.51. The lowest BCUT2D eigenvalue weighted by atomic mass is 10.1. The molecule has 0 aliphatic rings. The standard InChI is InChI=1S/C26H37N7O2/c1-3-16-32(17-4-2)18-6-5-11-31-25(34)21-7-9-22(10-8-21)26(35)33(19-23-27-12-13-28-23)20-24-29-14-15-30-24/h7-10,12-15H,3-6,11,16-20H2,1-2H3,(H,27,28)(H,29,30)(H,31,34). The van der Waals surface area contributed by atoms with Gasteiger partial charge in [-0.2, -0.15) is 0 Å². The molecule has 3 N–H and O–H groups in total. The topological polar surface area (TPSA) is 110 Å². The first kappa shape index (κ1) is 26.2. The molecule has 0 spiro atoms. The minimum atomic E-state index is -0.159. The predicted molar refractivity (Wildman–Crippen MR) is 136 cm³/mol. The molecule has 0 aliphatic heterocycles. The molecule has 2 amide bonds. The third-order valence-corrected chi connectivity index (χ3v) is 5.74. The Hall–Kier alpha value is -3.46. The van der Waals surface area contributed by atoms with E-state index in [-0.39, 0.29) is 11.8 Å². The molecule has 0 aliphatic carbocycles. The van der Waals surface area contributed by atoms with Crippen molar-refractivity contribution < 1.29 is 9.59 Å². The minimum absolute atomic E-state index is 0.119. The Kier molecular flexibility index (Phi) is 10.5.